The Morgan fingerprint density at radius 3 is 2.83 bits per heavy atom. The maximum atomic E-state index is 11.1. The first-order chi connectivity index (χ1) is 8.70. The van der Waals surface area contributed by atoms with Crippen LogP contribution < -0.4 is 0 Å². The molecule has 6 heteroatoms. The molecular formula is C12H18N2O3S. The summed E-state index contributed by atoms with van der Waals surface area (Å²) in [5.74, 6) is -0.914. The fraction of sp³-hybridized carbons (Fsp3) is 0.667. The first-order valence-electron chi connectivity index (χ1n) is 6.22. The number of carbonyl (C=O) groups is 1. The van der Waals surface area contributed by atoms with Crippen LogP contribution in [0.15, 0.2) is 0 Å². The number of thiazole rings is 1. The molecule has 1 aliphatic heterocycles. The predicted molar refractivity (Wildman–Crippen MR) is 69.2 cm³/mol. The SMILES string of the molecule is CCCc1sc(CN2CCOCC2)nc1C(=O)O. The molecule has 0 aromatic carbocycles. The molecule has 100 valence electrons. The lowest BCUT2D eigenvalue weighted by Crippen LogP contribution is -2.35. The van der Waals surface area contributed by atoms with E-state index in [4.69, 9.17) is 9.84 Å². The van der Waals surface area contributed by atoms with E-state index in [2.05, 4.69) is 9.88 Å². The van der Waals surface area contributed by atoms with E-state index in [1.165, 1.54) is 11.3 Å². The van der Waals surface area contributed by atoms with Gasteiger partial charge in [-0.3, -0.25) is 4.90 Å². The number of nitrogens with zero attached hydrogens (tertiary/aromatic N) is 2. The number of aromatic nitrogens is 1. The summed E-state index contributed by atoms with van der Waals surface area (Å²) >= 11 is 1.53. The summed E-state index contributed by atoms with van der Waals surface area (Å²) in [7, 11) is 0. The van der Waals surface area contributed by atoms with Gasteiger partial charge in [-0.1, -0.05) is 13.3 Å². The number of rotatable bonds is 5. The van der Waals surface area contributed by atoms with Crippen molar-refractivity contribution in [1.82, 2.24) is 9.88 Å². The van der Waals surface area contributed by atoms with Crippen molar-refractivity contribution < 1.29 is 14.6 Å². The Morgan fingerprint density at radius 2 is 2.22 bits per heavy atom. The van der Waals surface area contributed by atoms with Crippen molar-refractivity contribution in [3.8, 4) is 0 Å². The third-order valence-corrected chi connectivity index (χ3v) is 3.98. The number of carboxylic acids is 1. The number of aryl methyl sites for hydroxylation is 1. The Bertz CT molecular complexity index is 413. The van der Waals surface area contributed by atoms with Crippen LogP contribution in [0.25, 0.3) is 0 Å². The van der Waals surface area contributed by atoms with Crippen LogP contribution in [0.3, 0.4) is 0 Å². The van der Waals surface area contributed by atoms with Crippen molar-refractivity contribution in [2.45, 2.75) is 26.3 Å². The molecule has 5 nitrogen and oxygen atoms in total. The maximum absolute atomic E-state index is 11.1. The highest BCUT2D eigenvalue weighted by molar-refractivity contribution is 7.11. The van der Waals surface area contributed by atoms with Crippen LogP contribution in [-0.4, -0.2) is 47.3 Å². The number of morpholine rings is 1. The molecule has 0 unspecified atom stereocenters. The minimum absolute atomic E-state index is 0.241. The molecule has 2 heterocycles. The van der Waals surface area contributed by atoms with Crippen LogP contribution in [-0.2, 0) is 17.7 Å². The number of ether oxygens (including phenoxy) is 1. The largest absolute Gasteiger partial charge is 0.476 e. The highest BCUT2D eigenvalue weighted by atomic mass is 32.1. The molecule has 1 aromatic rings. The van der Waals surface area contributed by atoms with Gasteiger partial charge >= 0.3 is 5.97 Å². The van der Waals surface area contributed by atoms with Crippen LogP contribution in [0, 0.1) is 0 Å². The van der Waals surface area contributed by atoms with Crippen LogP contribution in [0.1, 0.15) is 33.7 Å². The van der Waals surface area contributed by atoms with Gasteiger partial charge in [0.1, 0.15) is 5.01 Å². The van der Waals surface area contributed by atoms with E-state index >= 15 is 0 Å². The molecule has 1 aromatic heterocycles. The van der Waals surface area contributed by atoms with Crippen LogP contribution >= 0.6 is 11.3 Å². The molecule has 1 fully saturated rings. The first-order valence-corrected chi connectivity index (χ1v) is 7.04. The number of hydrogen-bond donors (Lipinski definition) is 1. The molecule has 18 heavy (non-hydrogen) atoms. The summed E-state index contributed by atoms with van der Waals surface area (Å²) in [5.41, 5.74) is 0.241. The minimum Gasteiger partial charge on any atom is -0.476 e. The summed E-state index contributed by atoms with van der Waals surface area (Å²) in [4.78, 5) is 18.5. The molecule has 2 rings (SSSR count). The molecule has 1 N–H and O–H groups in total. The van der Waals surface area contributed by atoms with E-state index in [0.717, 1.165) is 55.6 Å². The number of carboxylic acid groups (broad SMARTS) is 1. The van der Waals surface area contributed by atoms with Crippen molar-refractivity contribution in [2.24, 2.45) is 0 Å². The number of aromatic carboxylic acids is 1. The second-order valence-corrected chi connectivity index (χ2v) is 5.49. The lowest BCUT2D eigenvalue weighted by Gasteiger charge is -2.25. The second kappa shape index (κ2) is 6.26. The van der Waals surface area contributed by atoms with Gasteiger partial charge in [-0.2, -0.15) is 0 Å². The predicted octanol–water partition coefficient (Wildman–Crippen LogP) is 1.63. The smallest absolute Gasteiger partial charge is 0.355 e. The van der Waals surface area contributed by atoms with Gasteiger partial charge in [-0.15, -0.1) is 11.3 Å². The molecule has 0 atom stereocenters. The van der Waals surface area contributed by atoms with Crippen molar-refractivity contribution in [3.05, 3.63) is 15.6 Å². The molecule has 0 spiro atoms. The van der Waals surface area contributed by atoms with Crippen LogP contribution in [0.4, 0.5) is 0 Å². The fourth-order valence-corrected chi connectivity index (χ4v) is 3.19. The van der Waals surface area contributed by atoms with Gasteiger partial charge in [-0.25, -0.2) is 9.78 Å². The van der Waals surface area contributed by atoms with E-state index < -0.39 is 5.97 Å². The van der Waals surface area contributed by atoms with Gasteiger partial charge in [0.2, 0.25) is 0 Å². The molecule has 0 bridgehead atoms. The average molecular weight is 270 g/mol. The quantitative estimate of drug-likeness (QED) is 0.881. The van der Waals surface area contributed by atoms with E-state index in [9.17, 15) is 4.79 Å². The van der Waals surface area contributed by atoms with Gasteiger partial charge < -0.3 is 9.84 Å². The van der Waals surface area contributed by atoms with Crippen molar-refractivity contribution in [1.29, 1.82) is 0 Å². The lowest BCUT2D eigenvalue weighted by molar-refractivity contribution is 0.0341. The highest BCUT2D eigenvalue weighted by Crippen LogP contribution is 2.22. The Kier molecular flexibility index (Phi) is 4.68. The van der Waals surface area contributed by atoms with Gasteiger partial charge in [0.15, 0.2) is 5.69 Å². The highest BCUT2D eigenvalue weighted by Gasteiger charge is 2.19. The zero-order valence-electron chi connectivity index (χ0n) is 10.5. The summed E-state index contributed by atoms with van der Waals surface area (Å²) in [6.07, 6.45) is 1.74. The Morgan fingerprint density at radius 1 is 1.50 bits per heavy atom. The van der Waals surface area contributed by atoms with Crippen molar-refractivity contribution in [2.75, 3.05) is 26.3 Å². The molecule has 1 aliphatic rings. The van der Waals surface area contributed by atoms with Crippen LogP contribution in [0.5, 0.6) is 0 Å². The van der Waals surface area contributed by atoms with Gasteiger partial charge in [0.05, 0.1) is 19.8 Å². The Balaban J connectivity index is 2.07. The van der Waals surface area contributed by atoms with Gasteiger partial charge in [0, 0.05) is 18.0 Å². The molecule has 0 aliphatic carbocycles. The van der Waals surface area contributed by atoms with Gasteiger partial charge in [0.25, 0.3) is 0 Å². The second-order valence-electron chi connectivity index (χ2n) is 4.32. The summed E-state index contributed by atoms with van der Waals surface area (Å²) < 4.78 is 5.29. The van der Waals surface area contributed by atoms with E-state index in [1.807, 2.05) is 6.92 Å². The van der Waals surface area contributed by atoms with Crippen molar-refractivity contribution in [3.63, 3.8) is 0 Å². The minimum atomic E-state index is -0.914. The Labute approximate surface area is 110 Å². The van der Waals surface area contributed by atoms with E-state index in [0.29, 0.717) is 0 Å². The number of hydrogen-bond acceptors (Lipinski definition) is 5. The van der Waals surface area contributed by atoms with Gasteiger partial charge in [-0.05, 0) is 6.42 Å². The normalized spacial score (nSPS) is 16.9. The fourth-order valence-electron chi connectivity index (χ4n) is 1.98. The zero-order valence-corrected chi connectivity index (χ0v) is 11.3. The lowest BCUT2D eigenvalue weighted by atomic mass is 10.2. The van der Waals surface area contributed by atoms with E-state index in [-0.39, 0.29) is 5.69 Å². The summed E-state index contributed by atoms with van der Waals surface area (Å²) in [6.45, 7) is 6.07. The third kappa shape index (κ3) is 3.28. The van der Waals surface area contributed by atoms with E-state index in [1.54, 1.807) is 0 Å². The third-order valence-electron chi connectivity index (χ3n) is 2.88. The average Bonchev–Trinajstić information content (AvgIpc) is 2.74. The zero-order chi connectivity index (χ0) is 13.0. The molecule has 0 saturated carbocycles. The molecular weight excluding hydrogens is 252 g/mol. The molecule has 0 radical (unpaired) electrons. The molecule has 0 amide bonds. The van der Waals surface area contributed by atoms with Crippen LogP contribution in [0.2, 0.25) is 0 Å². The standard InChI is InChI=1S/C12H18N2O3S/c1-2-3-9-11(12(15)16)13-10(18-9)8-14-4-6-17-7-5-14/h2-8H2,1H3,(H,15,16). The summed E-state index contributed by atoms with van der Waals surface area (Å²) in [6, 6.07) is 0. The Hall–Kier alpha value is -0.980. The maximum Gasteiger partial charge on any atom is 0.355 e. The summed E-state index contributed by atoms with van der Waals surface area (Å²) in [5, 5.41) is 10.0. The van der Waals surface area contributed by atoms with Crippen molar-refractivity contribution >= 4 is 17.3 Å². The first kappa shape index (κ1) is 13.5. The topological polar surface area (TPSA) is 62.7 Å². The monoisotopic (exact) mass is 270 g/mol. The molecule has 1 saturated heterocycles.